The summed E-state index contributed by atoms with van der Waals surface area (Å²) in [6.45, 7) is 1.93. The first kappa shape index (κ1) is 14.5. The standard InChI is InChI=1S/C19H14N2O3/c1-2-5-14(22)16-13-9-8-12-15(17(13)21-20-16)19(24)11-7-4-3-6-10(11)18(12)23/h3-4,6-9H,2,5H2,1H3,(H,20,21). The zero-order valence-electron chi connectivity index (χ0n) is 13.1. The summed E-state index contributed by atoms with van der Waals surface area (Å²) in [6.07, 6.45) is 1.14. The van der Waals surface area contributed by atoms with E-state index in [9.17, 15) is 14.4 Å². The first-order valence-corrected chi connectivity index (χ1v) is 7.86. The second kappa shape index (κ2) is 5.23. The molecule has 2 aromatic carbocycles. The zero-order valence-corrected chi connectivity index (χ0v) is 13.1. The van der Waals surface area contributed by atoms with Crippen LogP contribution in [0, 0.1) is 0 Å². The second-order valence-electron chi connectivity index (χ2n) is 5.86. The fourth-order valence-electron chi connectivity index (χ4n) is 3.22. The van der Waals surface area contributed by atoms with E-state index in [4.69, 9.17) is 0 Å². The van der Waals surface area contributed by atoms with Gasteiger partial charge in [0.2, 0.25) is 0 Å². The Morgan fingerprint density at radius 2 is 1.71 bits per heavy atom. The number of Topliss-reactive ketones (excluding diaryl/α,β-unsaturated/α-hetero) is 1. The van der Waals surface area contributed by atoms with Crippen LogP contribution >= 0.6 is 0 Å². The molecule has 0 bridgehead atoms. The summed E-state index contributed by atoms with van der Waals surface area (Å²) in [5.74, 6) is -0.465. The van der Waals surface area contributed by atoms with Gasteiger partial charge in [-0.15, -0.1) is 0 Å². The summed E-state index contributed by atoms with van der Waals surface area (Å²) >= 11 is 0. The number of hydrogen-bond donors (Lipinski definition) is 1. The maximum Gasteiger partial charge on any atom is 0.196 e. The van der Waals surface area contributed by atoms with Crippen molar-refractivity contribution in [2.24, 2.45) is 0 Å². The maximum atomic E-state index is 12.9. The Bertz CT molecular complexity index is 1030. The molecule has 0 spiro atoms. The number of carbonyl (C=O) groups excluding carboxylic acids is 3. The van der Waals surface area contributed by atoms with Gasteiger partial charge in [0.1, 0.15) is 11.2 Å². The Morgan fingerprint density at radius 1 is 1.00 bits per heavy atom. The number of rotatable bonds is 3. The molecular formula is C19H14N2O3. The maximum absolute atomic E-state index is 12.9. The van der Waals surface area contributed by atoms with Gasteiger partial charge in [-0.2, -0.15) is 5.10 Å². The normalized spacial score (nSPS) is 13.0. The van der Waals surface area contributed by atoms with Crippen LogP contribution < -0.4 is 0 Å². The molecule has 118 valence electrons. The van der Waals surface area contributed by atoms with Crippen LogP contribution in [-0.4, -0.2) is 27.5 Å². The van der Waals surface area contributed by atoms with Crippen molar-refractivity contribution in [1.82, 2.24) is 10.2 Å². The molecule has 0 amide bonds. The molecule has 1 N–H and O–H groups in total. The first-order valence-electron chi connectivity index (χ1n) is 7.86. The van der Waals surface area contributed by atoms with Gasteiger partial charge in [-0.1, -0.05) is 31.2 Å². The zero-order chi connectivity index (χ0) is 16.8. The van der Waals surface area contributed by atoms with Crippen molar-refractivity contribution in [1.29, 1.82) is 0 Å². The highest BCUT2D eigenvalue weighted by atomic mass is 16.1. The fourth-order valence-corrected chi connectivity index (χ4v) is 3.22. The average molecular weight is 318 g/mol. The molecule has 0 fully saturated rings. The van der Waals surface area contributed by atoms with E-state index in [2.05, 4.69) is 10.2 Å². The highest BCUT2D eigenvalue weighted by molar-refractivity contribution is 6.32. The third-order valence-electron chi connectivity index (χ3n) is 4.37. The predicted octanol–water partition coefficient (Wildman–Crippen LogP) is 3.32. The third-order valence-corrected chi connectivity index (χ3v) is 4.37. The number of aromatic amines is 1. The van der Waals surface area contributed by atoms with E-state index in [-0.39, 0.29) is 22.9 Å². The van der Waals surface area contributed by atoms with Gasteiger partial charge >= 0.3 is 0 Å². The highest BCUT2D eigenvalue weighted by Crippen LogP contribution is 2.32. The van der Waals surface area contributed by atoms with Crippen LogP contribution in [0.1, 0.15) is 62.1 Å². The third kappa shape index (κ3) is 1.88. The van der Waals surface area contributed by atoms with E-state index < -0.39 is 0 Å². The minimum atomic E-state index is -0.230. The van der Waals surface area contributed by atoms with Crippen LogP contribution in [0.15, 0.2) is 36.4 Å². The van der Waals surface area contributed by atoms with E-state index in [1.807, 2.05) is 6.92 Å². The Balaban J connectivity index is 1.97. The molecule has 5 nitrogen and oxygen atoms in total. The Labute approximate surface area is 137 Å². The summed E-state index contributed by atoms with van der Waals surface area (Å²) in [7, 11) is 0. The summed E-state index contributed by atoms with van der Waals surface area (Å²) in [6, 6.07) is 10.1. The molecule has 5 heteroatoms. The van der Waals surface area contributed by atoms with Crippen LogP contribution in [0.3, 0.4) is 0 Å². The number of benzene rings is 2. The van der Waals surface area contributed by atoms with Crippen molar-refractivity contribution in [3.05, 3.63) is 64.3 Å². The monoisotopic (exact) mass is 318 g/mol. The topological polar surface area (TPSA) is 79.9 Å². The number of nitrogens with zero attached hydrogens (tertiary/aromatic N) is 1. The van der Waals surface area contributed by atoms with Gasteiger partial charge in [0.15, 0.2) is 17.3 Å². The molecule has 24 heavy (non-hydrogen) atoms. The van der Waals surface area contributed by atoms with Crippen LogP contribution in [0.2, 0.25) is 0 Å². The van der Waals surface area contributed by atoms with Crippen LogP contribution in [-0.2, 0) is 0 Å². The molecule has 1 heterocycles. The smallest absolute Gasteiger partial charge is 0.196 e. The van der Waals surface area contributed by atoms with Crippen molar-refractivity contribution in [2.75, 3.05) is 0 Å². The van der Waals surface area contributed by atoms with Gasteiger partial charge in [0, 0.05) is 28.5 Å². The van der Waals surface area contributed by atoms with Crippen LogP contribution in [0.5, 0.6) is 0 Å². The van der Waals surface area contributed by atoms with Crippen molar-refractivity contribution >= 4 is 28.3 Å². The molecule has 1 aromatic heterocycles. The van der Waals surface area contributed by atoms with E-state index in [0.29, 0.717) is 39.7 Å². The van der Waals surface area contributed by atoms with Gasteiger partial charge in [-0.05, 0) is 18.6 Å². The molecule has 3 aromatic rings. The van der Waals surface area contributed by atoms with Gasteiger partial charge in [0.05, 0.1) is 5.56 Å². The van der Waals surface area contributed by atoms with E-state index in [1.54, 1.807) is 36.4 Å². The Morgan fingerprint density at radius 3 is 2.42 bits per heavy atom. The molecule has 1 aliphatic carbocycles. The first-order chi connectivity index (χ1) is 11.6. The van der Waals surface area contributed by atoms with Gasteiger partial charge in [-0.3, -0.25) is 19.5 Å². The number of fused-ring (bicyclic) bond motifs is 4. The summed E-state index contributed by atoms with van der Waals surface area (Å²) in [5, 5.41) is 7.51. The lowest BCUT2D eigenvalue weighted by molar-refractivity contribution is 0.0977. The summed E-state index contributed by atoms with van der Waals surface area (Å²) < 4.78 is 0. The van der Waals surface area contributed by atoms with E-state index in [1.165, 1.54) is 0 Å². The Kier molecular flexibility index (Phi) is 3.16. The number of nitrogens with one attached hydrogen (secondary N) is 1. The van der Waals surface area contributed by atoms with Crippen LogP contribution in [0.25, 0.3) is 10.9 Å². The summed E-state index contributed by atoms with van der Waals surface area (Å²) in [4.78, 5) is 37.8. The lowest BCUT2D eigenvalue weighted by atomic mass is 9.83. The van der Waals surface area contributed by atoms with Gasteiger partial charge in [0.25, 0.3) is 0 Å². The Hall–Kier alpha value is -3.08. The van der Waals surface area contributed by atoms with Crippen molar-refractivity contribution in [3.63, 3.8) is 0 Å². The molecular weight excluding hydrogens is 304 g/mol. The van der Waals surface area contributed by atoms with Crippen molar-refractivity contribution < 1.29 is 14.4 Å². The number of hydrogen-bond acceptors (Lipinski definition) is 4. The minimum absolute atomic E-state index is 0.0464. The van der Waals surface area contributed by atoms with Gasteiger partial charge in [-0.25, -0.2) is 0 Å². The number of H-pyrrole nitrogens is 1. The molecule has 0 atom stereocenters. The largest absolute Gasteiger partial charge is 0.292 e. The average Bonchev–Trinajstić information content (AvgIpc) is 3.03. The van der Waals surface area contributed by atoms with Crippen LogP contribution in [0.4, 0.5) is 0 Å². The molecule has 0 saturated heterocycles. The fraction of sp³-hybridized carbons (Fsp3) is 0.158. The SMILES string of the molecule is CCCC(=O)c1[nH]nc2c3c(ccc12)C(=O)c1ccccc1C3=O. The predicted molar refractivity (Wildman–Crippen MR) is 88.6 cm³/mol. The van der Waals surface area contributed by atoms with E-state index in [0.717, 1.165) is 6.42 Å². The quantitative estimate of drug-likeness (QED) is 0.588. The molecule has 4 rings (SSSR count). The minimum Gasteiger partial charge on any atom is -0.292 e. The van der Waals surface area contributed by atoms with E-state index >= 15 is 0 Å². The highest BCUT2D eigenvalue weighted by Gasteiger charge is 2.32. The second-order valence-corrected chi connectivity index (χ2v) is 5.86. The molecule has 1 aliphatic rings. The summed E-state index contributed by atoms with van der Waals surface area (Å²) in [5.41, 5.74) is 2.20. The molecule has 0 saturated carbocycles. The van der Waals surface area contributed by atoms with Crippen molar-refractivity contribution in [3.8, 4) is 0 Å². The molecule has 0 aliphatic heterocycles. The van der Waals surface area contributed by atoms with Gasteiger partial charge < -0.3 is 0 Å². The number of carbonyl (C=O) groups is 3. The number of aromatic nitrogens is 2. The molecule has 0 unspecified atom stereocenters. The number of ketones is 3. The van der Waals surface area contributed by atoms with Crippen molar-refractivity contribution in [2.45, 2.75) is 19.8 Å². The lowest BCUT2D eigenvalue weighted by Gasteiger charge is -2.17. The molecule has 0 radical (unpaired) electrons. The lowest BCUT2D eigenvalue weighted by Crippen LogP contribution is -2.21.